The van der Waals surface area contributed by atoms with Gasteiger partial charge in [-0.2, -0.15) is 11.8 Å². The number of nitrogens with zero attached hydrogens (tertiary/aromatic N) is 1. The maximum absolute atomic E-state index is 5.98. The topological polar surface area (TPSA) is 54.9 Å². The highest BCUT2D eigenvalue weighted by atomic mass is 32.2. The smallest absolute Gasteiger partial charge is 0.191 e. The van der Waals surface area contributed by atoms with Crippen molar-refractivity contribution in [1.29, 1.82) is 0 Å². The van der Waals surface area contributed by atoms with Crippen LogP contribution >= 0.6 is 11.8 Å². The van der Waals surface area contributed by atoms with E-state index in [2.05, 4.69) is 62.8 Å². The van der Waals surface area contributed by atoms with Gasteiger partial charge in [-0.25, -0.2) is 4.99 Å². The molecule has 0 unspecified atom stereocenters. The van der Waals surface area contributed by atoms with Crippen LogP contribution in [0.25, 0.3) is 0 Å². The zero-order valence-corrected chi connectivity index (χ0v) is 18.2. The van der Waals surface area contributed by atoms with Crippen LogP contribution in [0.2, 0.25) is 0 Å². The first-order chi connectivity index (χ1) is 13.0. The molecule has 0 aliphatic carbocycles. The summed E-state index contributed by atoms with van der Waals surface area (Å²) >= 11 is 1.93. The Balaban J connectivity index is 2.06. The molecule has 5 nitrogen and oxygen atoms in total. The molecule has 1 aliphatic rings. The van der Waals surface area contributed by atoms with Crippen LogP contribution in [0.5, 0.6) is 5.75 Å². The quantitative estimate of drug-likeness (QED) is 0.520. The average Bonchev–Trinajstić information content (AvgIpc) is 2.65. The van der Waals surface area contributed by atoms with Crippen LogP contribution in [0.15, 0.2) is 23.2 Å². The maximum Gasteiger partial charge on any atom is 0.191 e. The third-order valence-corrected chi connectivity index (χ3v) is 6.17. The molecule has 1 fully saturated rings. The average molecular weight is 394 g/mol. The molecule has 0 bridgehead atoms. The molecule has 152 valence electrons. The first kappa shape index (κ1) is 21.9. The van der Waals surface area contributed by atoms with E-state index < -0.39 is 0 Å². The predicted molar refractivity (Wildman–Crippen MR) is 116 cm³/mol. The van der Waals surface area contributed by atoms with E-state index in [9.17, 15) is 0 Å². The Bertz CT molecular complexity index is 613. The number of benzene rings is 1. The summed E-state index contributed by atoms with van der Waals surface area (Å²) < 4.78 is 11.7. The van der Waals surface area contributed by atoms with E-state index in [4.69, 9.17) is 14.5 Å². The van der Waals surface area contributed by atoms with E-state index in [1.165, 1.54) is 5.56 Å². The van der Waals surface area contributed by atoms with Crippen molar-refractivity contribution in [3.63, 3.8) is 0 Å². The zero-order valence-electron chi connectivity index (χ0n) is 17.4. The number of nitrogens with one attached hydrogen (secondary N) is 2. The van der Waals surface area contributed by atoms with Gasteiger partial charge in [0.1, 0.15) is 5.75 Å². The minimum absolute atomic E-state index is 0.149. The summed E-state index contributed by atoms with van der Waals surface area (Å²) in [4.78, 5) is 4.81. The molecule has 0 atom stereocenters. The summed E-state index contributed by atoms with van der Waals surface area (Å²) in [7, 11) is 0. The van der Waals surface area contributed by atoms with Gasteiger partial charge in [0.15, 0.2) is 5.96 Å². The molecule has 6 heteroatoms. The van der Waals surface area contributed by atoms with Gasteiger partial charge in [-0.05, 0) is 58.4 Å². The zero-order chi connectivity index (χ0) is 19.7. The van der Waals surface area contributed by atoms with Gasteiger partial charge in [0, 0.05) is 36.6 Å². The van der Waals surface area contributed by atoms with Crippen LogP contribution in [0, 0.1) is 6.92 Å². The van der Waals surface area contributed by atoms with Crippen molar-refractivity contribution < 1.29 is 9.47 Å². The molecule has 1 aromatic carbocycles. The summed E-state index contributed by atoms with van der Waals surface area (Å²) in [6.45, 7) is 12.3. The third-order valence-electron chi connectivity index (χ3n) is 4.75. The molecule has 0 saturated carbocycles. The second-order valence-corrected chi connectivity index (χ2v) is 8.60. The fraction of sp³-hybridized carbons (Fsp3) is 0.667. The van der Waals surface area contributed by atoms with Crippen molar-refractivity contribution in [3.8, 4) is 5.75 Å². The Labute approximate surface area is 168 Å². The normalized spacial score (nSPS) is 17.0. The van der Waals surface area contributed by atoms with Crippen molar-refractivity contribution in [1.82, 2.24) is 10.6 Å². The number of hydrogen-bond acceptors (Lipinski definition) is 4. The lowest BCUT2D eigenvalue weighted by Gasteiger charge is -2.36. The monoisotopic (exact) mass is 393 g/mol. The Morgan fingerprint density at radius 3 is 2.67 bits per heavy atom. The van der Waals surface area contributed by atoms with Crippen molar-refractivity contribution in [2.45, 2.75) is 57.9 Å². The fourth-order valence-corrected chi connectivity index (χ4v) is 3.89. The first-order valence-corrected chi connectivity index (χ1v) is 11.1. The summed E-state index contributed by atoms with van der Waals surface area (Å²) in [5.74, 6) is 1.78. The van der Waals surface area contributed by atoms with Gasteiger partial charge in [0.2, 0.25) is 0 Å². The maximum atomic E-state index is 5.98. The van der Waals surface area contributed by atoms with Crippen LogP contribution in [0.3, 0.4) is 0 Å². The van der Waals surface area contributed by atoms with Crippen molar-refractivity contribution >= 4 is 17.7 Å². The van der Waals surface area contributed by atoms with E-state index >= 15 is 0 Å². The van der Waals surface area contributed by atoms with Gasteiger partial charge in [-0.3, -0.25) is 0 Å². The second-order valence-electron chi connectivity index (χ2n) is 7.33. The molecule has 0 spiro atoms. The summed E-state index contributed by atoms with van der Waals surface area (Å²) in [6.07, 6.45) is 4.49. The molecule has 0 amide bonds. The Morgan fingerprint density at radius 1 is 1.30 bits per heavy atom. The number of aryl methyl sites for hydroxylation is 1. The highest BCUT2D eigenvalue weighted by molar-refractivity contribution is 8.00. The lowest BCUT2D eigenvalue weighted by atomic mass is 9.99. The van der Waals surface area contributed by atoms with Crippen molar-refractivity contribution in [3.05, 3.63) is 29.3 Å². The van der Waals surface area contributed by atoms with E-state index in [1.54, 1.807) is 0 Å². The van der Waals surface area contributed by atoms with E-state index in [0.717, 1.165) is 56.4 Å². The lowest BCUT2D eigenvalue weighted by molar-refractivity contribution is 0.0783. The van der Waals surface area contributed by atoms with Gasteiger partial charge in [-0.15, -0.1) is 0 Å². The highest BCUT2D eigenvalue weighted by Crippen LogP contribution is 2.33. The Kier molecular flexibility index (Phi) is 8.77. The molecular weight excluding hydrogens is 358 g/mol. The van der Waals surface area contributed by atoms with Gasteiger partial charge in [0.25, 0.3) is 0 Å². The molecule has 2 rings (SSSR count). The second kappa shape index (κ2) is 10.8. The lowest BCUT2D eigenvalue weighted by Crippen LogP contribution is -2.47. The summed E-state index contributed by atoms with van der Waals surface area (Å²) in [5.41, 5.74) is 2.31. The minimum Gasteiger partial charge on any atom is -0.491 e. The highest BCUT2D eigenvalue weighted by Gasteiger charge is 2.31. The predicted octanol–water partition coefficient (Wildman–Crippen LogP) is 3.75. The summed E-state index contributed by atoms with van der Waals surface area (Å²) in [5, 5.41) is 6.91. The molecule has 0 radical (unpaired) electrons. The molecule has 1 aliphatic heterocycles. The van der Waals surface area contributed by atoms with Gasteiger partial charge in [0.05, 0.1) is 12.6 Å². The minimum atomic E-state index is 0.149. The van der Waals surface area contributed by atoms with Crippen LogP contribution in [0.4, 0.5) is 0 Å². The van der Waals surface area contributed by atoms with E-state index in [1.807, 2.05) is 11.8 Å². The number of guanidine groups is 1. The molecule has 1 saturated heterocycles. The fourth-order valence-electron chi connectivity index (χ4n) is 3.10. The van der Waals surface area contributed by atoms with Crippen LogP contribution in [0.1, 0.15) is 44.7 Å². The Morgan fingerprint density at radius 2 is 2.04 bits per heavy atom. The molecule has 1 aromatic rings. The number of aliphatic imine (C=N–C) groups is 1. The van der Waals surface area contributed by atoms with Gasteiger partial charge in [-0.1, -0.05) is 12.1 Å². The van der Waals surface area contributed by atoms with E-state index in [0.29, 0.717) is 6.54 Å². The molecule has 0 aromatic heterocycles. The van der Waals surface area contributed by atoms with Crippen LogP contribution < -0.4 is 15.4 Å². The number of thioether (sulfide) groups is 1. The molecule has 1 heterocycles. The first-order valence-electron chi connectivity index (χ1n) is 9.89. The largest absolute Gasteiger partial charge is 0.491 e. The molecule has 27 heavy (non-hydrogen) atoms. The Hall–Kier alpha value is -1.40. The number of rotatable bonds is 8. The molecular formula is C21H35N3O2S. The van der Waals surface area contributed by atoms with Crippen LogP contribution in [-0.4, -0.2) is 49.4 Å². The van der Waals surface area contributed by atoms with Crippen molar-refractivity contribution in [2.75, 3.05) is 32.6 Å². The van der Waals surface area contributed by atoms with E-state index in [-0.39, 0.29) is 10.9 Å². The standard InChI is InChI=1S/C21H35N3O2S/c1-6-22-20(24-15-21(27-5)9-11-25-12-10-21)23-14-18-8-7-17(4)13-19(18)26-16(2)3/h7-8,13,16H,6,9-12,14-15H2,1-5H3,(H2,22,23,24). The summed E-state index contributed by atoms with van der Waals surface area (Å²) in [6, 6.07) is 6.32. The number of ether oxygens (including phenoxy) is 2. The number of hydrogen-bond donors (Lipinski definition) is 2. The van der Waals surface area contributed by atoms with Gasteiger partial charge < -0.3 is 20.1 Å². The SMILES string of the molecule is CCNC(=NCc1ccc(C)cc1OC(C)C)NCC1(SC)CCOCC1. The van der Waals surface area contributed by atoms with Crippen molar-refractivity contribution in [2.24, 2.45) is 4.99 Å². The third kappa shape index (κ3) is 6.92. The van der Waals surface area contributed by atoms with Crippen LogP contribution in [-0.2, 0) is 11.3 Å². The molecule has 2 N–H and O–H groups in total. The van der Waals surface area contributed by atoms with Gasteiger partial charge >= 0.3 is 0 Å².